The quantitative estimate of drug-likeness (QED) is 0.590. The van der Waals surface area contributed by atoms with Crippen molar-refractivity contribution in [2.75, 3.05) is 6.54 Å². The second kappa shape index (κ2) is 6.44. The summed E-state index contributed by atoms with van der Waals surface area (Å²) in [4.78, 5) is 0.381. The minimum absolute atomic E-state index is 0.185. The number of rotatable bonds is 6. The second-order valence-corrected chi connectivity index (χ2v) is 8.45. The molecule has 0 aromatic carbocycles. The average molecular weight is 378 g/mol. The van der Waals surface area contributed by atoms with Gasteiger partial charge in [-0.3, -0.25) is 0 Å². The highest BCUT2D eigenvalue weighted by Gasteiger charge is 2.18. The molecule has 96 valence electrons. The molecule has 9 heteroatoms. The van der Waals surface area contributed by atoms with Crippen LogP contribution in [0.1, 0.15) is 12.8 Å². The Balaban J connectivity index is 2.60. The maximum Gasteiger partial charge on any atom is 0.250 e. The van der Waals surface area contributed by atoms with Gasteiger partial charge in [-0.05, 0) is 34.8 Å². The molecule has 0 aliphatic carbocycles. The molecular weight excluding hydrogens is 368 g/mol. The normalized spacial score (nSPS) is 11.6. The lowest BCUT2D eigenvalue weighted by Gasteiger charge is -2.03. The third kappa shape index (κ3) is 4.80. The summed E-state index contributed by atoms with van der Waals surface area (Å²) in [5.74, 6) is 0. The predicted molar refractivity (Wildman–Crippen MR) is 78.2 cm³/mol. The summed E-state index contributed by atoms with van der Waals surface area (Å²) >= 11 is 14.7. The van der Waals surface area contributed by atoms with Crippen molar-refractivity contribution < 1.29 is 8.42 Å². The summed E-state index contributed by atoms with van der Waals surface area (Å²) in [6, 6.07) is 1.41. The van der Waals surface area contributed by atoms with E-state index in [4.69, 9.17) is 29.6 Å². The third-order valence-corrected chi connectivity index (χ3v) is 6.39. The van der Waals surface area contributed by atoms with Crippen LogP contribution in [0.3, 0.4) is 0 Å². The Hall–Kier alpha value is 0.270. The Kier molecular flexibility index (Phi) is 5.81. The van der Waals surface area contributed by atoms with Gasteiger partial charge in [-0.15, -0.1) is 11.3 Å². The summed E-state index contributed by atoms with van der Waals surface area (Å²) in [5.41, 5.74) is 5.31. The van der Waals surface area contributed by atoms with E-state index in [1.807, 2.05) is 0 Å². The van der Waals surface area contributed by atoms with E-state index in [0.717, 1.165) is 11.3 Å². The highest BCUT2D eigenvalue weighted by molar-refractivity contribution is 9.11. The second-order valence-electron chi connectivity index (χ2n) is 3.15. The SMILES string of the molecule is NC(=S)CCCNS(=O)(=O)c1cc(Cl)c(Br)s1. The average Bonchev–Trinajstić information content (AvgIpc) is 2.55. The van der Waals surface area contributed by atoms with Crippen molar-refractivity contribution >= 4 is 66.1 Å². The molecule has 0 atom stereocenters. The molecule has 1 heterocycles. The van der Waals surface area contributed by atoms with Crippen LogP contribution in [-0.2, 0) is 10.0 Å². The first kappa shape index (κ1) is 15.3. The number of hydrogen-bond acceptors (Lipinski definition) is 4. The summed E-state index contributed by atoms with van der Waals surface area (Å²) in [6.45, 7) is 0.298. The van der Waals surface area contributed by atoms with Gasteiger partial charge in [-0.1, -0.05) is 23.8 Å². The van der Waals surface area contributed by atoms with Gasteiger partial charge in [0.25, 0.3) is 0 Å². The van der Waals surface area contributed by atoms with E-state index < -0.39 is 10.0 Å². The Bertz CT molecular complexity index is 495. The van der Waals surface area contributed by atoms with E-state index >= 15 is 0 Å². The largest absolute Gasteiger partial charge is 0.393 e. The van der Waals surface area contributed by atoms with Crippen molar-refractivity contribution in [3.8, 4) is 0 Å². The highest BCUT2D eigenvalue weighted by Crippen LogP contribution is 2.34. The van der Waals surface area contributed by atoms with Crippen LogP contribution in [0.15, 0.2) is 14.1 Å². The molecule has 0 fully saturated rings. The van der Waals surface area contributed by atoms with Gasteiger partial charge in [-0.2, -0.15) is 0 Å². The Morgan fingerprint density at radius 2 is 2.29 bits per heavy atom. The predicted octanol–water partition coefficient (Wildman–Crippen LogP) is 2.51. The fourth-order valence-corrected chi connectivity index (χ4v) is 4.66. The minimum Gasteiger partial charge on any atom is -0.393 e. The molecule has 1 rings (SSSR count). The number of halogens is 2. The summed E-state index contributed by atoms with van der Waals surface area (Å²) in [7, 11) is -3.49. The van der Waals surface area contributed by atoms with Crippen molar-refractivity contribution in [1.29, 1.82) is 0 Å². The zero-order valence-corrected chi connectivity index (χ0v) is 13.4. The fraction of sp³-hybridized carbons (Fsp3) is 0.375. The zero-order valence-electron chi connectivity index (χ0n) is 8.57. The van der Waals surface area contributed by atoms with E-state index in [1.165, 1.54) is 6.07 Å². The van der Waals surface area contributed by atoms with Gasteiger partial charge in [0.15, 0.2) is 0 Å². The van der Waals surface area contributed by atoms with Gasteiger partial charge in [0.05, 0.1) is 13.8 Å². The number of thiocarbonyl (C=S) groups is 1. The molecule has 17 heavy (non-hydrogen) atoms. The zero-order chi connectivity index (χ0) is 13.1. The molecule has 3 N–H and O–H groups in total. The highest BCUT2D eigenvalue weighted by atomic mass is 79.9. The molecule has 0 unspecified atom stereocenters. The lowest BCUT2D eigenvalue weighted by Crippen LogP contribution is -2.24. The molecule has 0 aliphatic heterocycles. The molecule has 4 nitrogen and oxygen atoms in total. The van der Waals surface area contributed by atoms with E-state index in [-0.39, 0.29) is 4.21 Å². The molecule has 1 aromatic rings. The smallest absolute Gasteiger partial charge is 0.250 e. The fourth-order valence-electron chi connectivity index (χ4n) is 0.999. The van der Waals surface area contributed by atoms with Crippen molar-refractivity contribution in [2.45, 2.75) is 17.1 Å². The lowest BCUT2D eigenvalue weighted by atomic mass is 10.3. The van der Waals surface area contributed by atoms with Crippen LogP contribution >= 0.6 is 51.1 Å². The Labute approximate surface area is 123 Å². The first-order valence-corrected chi connectivity index (χ1v) is 8.43. The molecule has 0 aliphatic rings. The van der Waals surface area contributed by atoms with Gasteiger partial charge in [-0.25, -0.2) is 13.1 Å². The van der Waals surface area contributed by atoms with Crippen LogP contribution in [0.2, 0.25) is 5.02 Å². The molecule has 0 saturated heterocycles. The first-order chi connectivity index (χ1) is 7.83. The van der Waals surface area contributed by atoms with Gasteiger partial charge >= 0.3 is 0 Å². The molecule has 0 radical (unpaired) electrons. The molecule has 0 saturated carbocycles. The maximum absolute atomic E-state index is 11.8. The van der Waals surface area contributed by atoms with Gasteiger partial charge in [0.1, 0.15) is 4.21 Å². The van der Waals surface area contributed by atoms with Crippen LogP contribution in [0.25, 0.3) is 0 Å². The van der Waals surface area contributed by atoms with Crippen molar-refractivity contribution in [3.63, 3.8) is 0 Å². The van der Waals surface area contributed by atoms with E-state index in [1.54, 1.807) is 0 Å². The molecule has 0 spiro atoms. The molecule has 0 amide bonds. The standard InChI is InChI=1S/C8H10BrClN2O2S3/c9-8-5(10)4-7(16-8)17(13,14)12-3-1-2-6(11)15/h4,12H,1-3H2,(H2,11,15). The number of nitrogens with one attached hydrogen (secondary N) is 1. The van der Waals surface area contributed by atoms with Crippen LogP contribution < -0.4 is 10.5 Å². The summed E-state index contributed by atoms with van der Waals surface area (Å²) in [5, 5.41) is 0.388. The van der Waals surface area contributed by atoms with Crippen molar-refractivity contribution in [2.24, 2.45) is 5.73 Å². The molecule has 0 bridgehead atoms. The Morgan fingerprint density at radius 1 is 1.65 bits per heavy atom. The van der Waals surface area contributed by atoms with Crippen molar-refractivity contribution in [3.05, 3.63) is 14.9 Å². The Morgan fingerprint density at radius 3 is 2.76 bits per heavy atom. The number of thiophene rings is 1. The lowest BCUT2D eigenvalue weighted by molar-refractivity contribution is 0.582. The summed E-state index contributed by atoms with van der Waals surface area (Å²) < 4.78 is 26.8. The van der Waals surface area contributed by atoms with Crippen LogP contribution in [0.4, 0.5) is 0 Å². The van der Waals surface area contributed by atoms with Gasteiger partial charge in [0.2, 0.25) is 10.0 Å². The third-order valence-electron chi connectivity index (χ3n) is 1.78. The van der Waals surface area contributed by atoms with E-state index in [2.05, 4.69) is 20.7 Å². The van der Waals surface area contributed by atoms with E-state index in [9.17, 15) is 8.42 Å². The number of nitrogens with two attached hydrogens (primary N) is 1. The van der Waals surface area contributed by atoms with Gasteiger partial charge < -0.3 is 5.73 Å². The van der Waals surface area contributed by atoms with E-state index in [0.29, 0.717) is 33.2 Å². The van der Waals surface area contributed by atoms with Crippen LogP contribution in [-0.4, -0.2) is 20.0 Å². The van der Waals surface area contributed by atoms with Gasteiger partial charge in [0, 0.05) is 6.54 Å². The maximum atomic E-state index is 11.8. The number of sulfonamides is 1. The van der Waals surface area contributed by atoms with Crippen molar-refractivity contribution in [1.82, 2.24) is 4.72 Å². The number of hydrogen-bond donors (Lipinski definition) is 2. The summed E-state index contributed by atoms with van der Waals surface area (Å²) in [6.07, 6.45) is 1.10. The van der Waals surface area contributed by atoms with Crippen LogP contribution in [0.5, 0.6) is 0 Å². The molecule has 1 aromatic heterocycles. The van der Waals surface area contributed by atoms with Crippen LogP contribution in [0, 0.1) is 0 Å². The topological polar surface area (TPSA) is 72.2 Å². The monoisotopic (exact) mass is 376 g/mol. The molecular formula is C8H10BrClN2O2S3. The minimum atomic E-state index is -3.49. The first-order valence-electron chi connectivity index (χ1n) is 4.56.